The van der Waals surface area contributed by atoms with Gasteiger partial charge < -0.3 is 29.6 Å². The largest absolute Gasteiger partial charge is 0.504 e. The highest BCUT2D eigenvalue weighted by atomic mass is 16.5. The van der Waals surface area contributed by atoms with E-state index >= 15 is 0 Å². The van der Waals surface area contributed by atoms with Crippen molar-refractivity contribution in [1.29, 1.82) is 0 Å². The first-order chi connectivity index (χ1) is 15.0. The summed E-state index contributed by atoms with van der Waals surface area (Å²) in [5, 5.41) is 24.5. The van der Waals surface area contributed by atoms with Crippen molar-refractivity contribution in [3.8, 4) is 11.5 Å². The Kier molecular flexibility index (Phi) is 6.53. The van der Waals surface area contributed by atoms with Gasteiger partial charge in [-0.3, -0.25) is 4.79 Å². The molecule has 0 spiro atoms. The van der Waals surface area contributed by atoms with Gasteiger partial charge in [-0.25, -0.2) is 0 Å². The third-order valence-electron chi connectivity index (χ3n) is 6.86. The fourth-order valence-electron chi connectivity index (χ4n) is 5.38. The number of fused-ring (bicyclic) bond motifs is 1. The number of hydrogen-bond donors (Lipinski definition) is 4. The number of carbonyl (C=O) groups is 1. The van der Waals surface area contributed by atoms with Crippen LogP contribution in [0, 0.1) is 5.92 Å². The monoisotopic (exact) mass is 429 g/mol. The number of hydrogen-bond acceptors (Lipinski definition) is 5. The van der Waals surface area contributed by atoms with Gasteiger partial charge in [-0.05, 0) is 50.1 Å². The Morgan fingerprint density at radius 1 is 1.32 bits per heavy atom. The average Bonchev–Trinajstić information content (AvgIpc) is 3.28. The number of rotatable bonds is 7. The molecule has 2 aromatic rings. The number of nitrogens with one attached hydrogen (secondary N) is 2. The summed E-state index contributed by atoms with van der Waals surface area (Å²) in [4.78, 5) is 13.9. The zero-order chi connectivity index (χ0) is 21.8. The van der Waals surface area contributed by atoms with E-state index in [1.807, 2.05) is 25.1 Å². The smallest absolute Gasteiger partial charge is 0.275 e. The van der Waals surface area contributed by atoms with E-state index in [9.17, 15) is 15.0 Å². The van der Waals surface area contributed by atoms with Crippen LogP contribution >= 0.6 is 0 Å². The summed E-state index contributed by atoms with van der Waals surface area (Å²) < 4.78 is 10.9. The quantitative estimate of drug-likeness (QED) is 0.540. The second kappa shape index (κ2) is 9.32. The number of amides is 1. The first-order valence-electron chi connectivity index (χ1n) is 11.3. The van der Waals surface area contributed by atoms with Crippen molar-refractivity contribution >= 4 is 5.91 Å². The summed E-state index contributed by atoms with van der Waals surface area (Å²) in [6.45, 7) is 3.75. The molecule has 2 aliphatic rings. The Balaban J connectivity index is 1.57. The zero-order valence-electron chi connectivity index (χ0n) is 18.1. The molecule has 7 heteroatoms. The minimum absolute atomic E-state index is 0.0341. The highest BCUT2D eigenvalue weighted by molar-refractivity contribution is 5.76. The molecule has 2 fully saturated rings. The van der Waals surface area contributed by atoms with Gasteiger partial charge in [0.05, 0.1) is 31.6 Å². The number of benzene rings is 1. The summed E-state index contributed by atoms with van der Waals surface area (Å²) in [6.07, 6.45) is 6.16. The lowest BCUT2D eigenvalue weighted by Crippen LogP contribution is -3.16. The predicted molar refractivity (Wildman–Crippen MR) is 115 cm³/mol. The average molecular weight is 430 g/mol. The summed E-state index contributed by atoms with van der Waals surface area (Å²) >= 11 is 0. The zero-order valence-corrected chi connectivity index (χ0v) is 18.1. The van der Waals surface area contributed by atoms with Crippen LogP contribution in [0.2, 0.25) is 0 Å². The van der Waals surface area contributed by atoms with Gasteiger partial charge in [-0.15, -0.1) is 0 Å². The van der Waals surface area contributed by atoms with Gasteiger partial charge in [0.15, 0.2) is 18.0 Å². The molecule has 4 N–H and O–H groups in total. The molecule has 0 radical (unpaired) electrons. The van der Waals surface area contributed by atoms with Crippen molar-refractivity contribution in [2.75, 3.05) is 19.7 Å². The lowest BCUT2D eigenvalue weighted by molar-refractivity contribution is -0.937. The highest BCUT2D eigenvalue weighted by Crippen LogP contribution is 2.45. The molecule has 4 rings (SSSR count). The van der Waals surface area contributed by atoms with Crippen LogP contribution in [0.25, 0.3) is 0 Å². The third kappa shape index (κ3) is 4.72. The van der Waals surface area contributed by atoms with Crippen LogP contribution < -0.4 is 15.0 Å². The van der Waals surface area contributed by atoms with Crippen molar-refractivity contribution in [3.05, 3.63) is 47.9 Å². The number of carbonyl (C=O) groups excluding carboxylic acids is 1. The molecule has 0 bridgehead atoms. The van der Waals surface area contributed by atoms with Gasteiger partial charge in [0.2, 0.25) is 0 Å². The fraction of sp³-hybridized carbons (Fsp3) is 0.542. The molecule has 7 nitrogen and oxygen atoms in total. The minimum atomic E-state index is -0.694. The van der Waals surface area contributed by atoms with Crippen molar-refractivity contribution in [2.45, 2.75) is 57.2 Å². The van der Waals surface area contributed by atoms with Crippen LogP contribution in [0.4, 0.5) is 0 Å². The van der Waals surface area contributed by atoms with Crippen LogP contribution in [-0.2, 0) is 11.3 Å². The van der Waals surface area contributed by atoms with Crippen LogP contribution in [0.3, 0.4) is 0 Å². The molecule has 1 aliphatic heterocycles. The number of ether oxygens (including phenoxy) is 1. The number of likely N-dealkylation sites (tertiary alicyclic amines) is 1. The van der Waals surface area contributed by atoms with Crippen molar-refractivity contribution in [3.63, 3.8) is 0 Å². The number of aromatic hydroxyl groups is 1. The molecule has 2 heterocycles. The Morgan fingerprint density at radius 2 is 2.19 bits per heavy atom. The van der Waals surface area contributed by atoms with E-state index in [1.54, 1.807) is 18.4 Å². The van der Waals surface area contributed by atoms with Gasteiger partial charge in [0.25, 0.3) is 5.91 Å². The van der Waals surface area contributed by atoms with E-state index in [-0.39, 0.29) is 23.6 Å². The van der Waals surface area contributed by atoms with Crippen molar-refractivity contribution in [2.24, 2.45) is 5.92 Å². The Labute approximate surface area is 183 Å². The number of phenols is 1. The predicted octanol–water partition coefficient (Wildman–Crippen LogP) is 1.95. The highest BCUT2D eigenvalue weighted by Gasteiger charge is 2.52. The van der Waals surface area contributed by atoms with Gasteiger partial charge in [0, 0.05) is 17.9 Å². The molecule has 1 aromatic heterocycles. The molecule has 4 atom stereocenters. The first kappa shape index (κ1) is 21.7. The molecule has 1 aliphatic carbocycles. The second-order valence-corrected chi connectivity index (χ2v) is 8.78. The molecule has 1 aromatic carbocycles. The Hall–Kier alpha value is -2.51. The van der Waals surface area contributed by atoms with Crippen LogP contribution in [0.5, 0.6) is 11.5 Å². The molecule has 1 unspecified atom stereocenters. The van der Waals surface area contributed by atoms with Gasteiger partial charge in [-0.1, -0.05) is 12.8 Å². The normalized spacial score (nSPS) is 28.0. The molecular weight excluding hydrogens is 396 g/mol. The standard InChI is InChI=1S/C24H32N2O5/c1-2-30-21-14-17(8-9-20(21)27)23-19-7-3-4-10-24(19,29)11-12-26(23)16-22(28)25-15-18-6-5-13-31-18/h5-6,8-9,13-14,19,23,27,29H,2-4,7,10-12,15-16H2,1H3,(H,25,28)/p+1/t19-,23-,24-/m0/s1. The van der Waals surface area contributed by atoms with E-state index in [0.717, 1.165) is 48.5 Å². The summed E-state index contributed by atoms with van der Waals surface area (Å²) in [7, 11) is 0. The maximum atomic E-state index is 12.7. The van der Waals surface area contributed by atoms with Gasteiger partial charge >= 0.3 is 0 Å². The van der Waals surface area contributed by atoms with E-state index < -0.39 is 5.60 Å². The SMILES string of the molecule is CCOc1cc([C@H]2[C@@H]3CCCC[C@]3(O)CC[NH+]2CC(=O)NCc2ccco2)ccc1O. The number of quaternary nitrogens is 1. The fourth-order valence-corrected chi connectivity index (χ4v) is 5.38. The van der Waals surface area contributed by atoms with E-state index in [2.05, 4.69) is 5.32 Å². The molecule has 1 saturated carbocycles. The lowest BCUT2D eigenvalue weighted by Gasteiger charge is -2.50. The number of phenolic OH excluding ortho intramolecular Hbond substituents is 1. The maximum absolute atomic E-state index is 12.7. The van der Waals surface area contributed by atoms with Crippen LogP contribution in [0.15, 0.2) is 41.0 Å². The maximum Gasteiger partial charge on any atom is 0.275 e. The van der Waals surface area contributed by atoms with Crippen molar-refractivity contribution in [1.82, 2.24) is 5.32 Å². The van der Waals surface area contributed by atoms with Crippen LogP contribution in [-0.4, -0.2) is 41.4 Å². The van der Waals surface area contributed by atoms with E-state index in [0.29, 0.717) is 31.9 Å². The summed E-state index contributed by atoms with van der Waals surface area (Å²) in [5.74, 6) is 1.31. The molecule has 168 valence electrons. The minimum Gasteiger partial charge on any atom is -0.504 e. The van der Waals surface area contributed by atoms with E-state index in [4.69, 9.17) is 9.15 Å². The van der Waals surface area contributed by atoms with Gasteiger partial charge in [-0.2, -0.15) is 0 Å². The second-order valence-electron chi connectivity index (χ2n) is 8.78. The summed E-state index contributed by atoms with van der Waals surface area (Å²) in [6, 6.07) is 9.05. The van der Waals surface area contributed by atoms with E-state index in [1.165, 1.54) is 0 Å². The Morgan fingerprint density at radius 3 is 2.97 bits per heavy atom. The lowest BCUT2D eigenvalue weighted by atomic mass is 9.66. The molecular formula is C24H33N2O5+. The molecule has 31 heavy (non-hydrogen) atoms. The number of piperidine rings is 1. The number of furan rings is 1. The van der Waals surface area contributed by atoms with Gasteiger partial charge in [0.1, 0.15) is 11.8 Å². The van der Waals surface area contributed by atoms with Crippen LogP contribution in [0.1, 0.15) is 56.4 Å². The topological polar surface area (TPSA) is 96.4 Å². The number of aliphatic hydroxyl groups is 1. The Bertz CT molecular complexity index is 884. The third-order valence-corrected chi connectivity index (χ3v) is 6.86. The summed E-state index contributed by atoms with van der Waals surface area (Å²) in [5.41, 5.74) is 0.306. The molecule has 1 saturated heterocycles. The molecule has 1 amide bonds. The first-order valence-corrected chi connectivity index (χ1v) is 11.3. The van der Waals surface area contributed by atoms with Crippen molar-refractivity contribution < 1.29 is 29.1 Å².